The van der Waals surface area contributed by atoms with Crippen LogP contribution in [0, 0.1) is 6.92 Å². The van der Waals surface area contributed by atoms with E-state index in [2.05, 4.69) is 5.10 Å². The number of carbonyl (C=O) groups excluding carboxylic acids is 1. The second kappa shape index (κ2) is 5.12. The molecule has 0 bridgehead atoms. The maximum atomic E-state index is 12.1. The van der Waals surface area contributed by atoms with Crippen molar-refractivity contribution in [1.82, 2.24) is 14.7 Å². The van der Waals surface area contributed by atoms with Gasteiger partial charge >= 0.3 is 0 Å². The van der Waals surface area contributed by atoms with Gasteiger partial charge in [-0.1, -0.05) is 0 Å². The molecule has 90 valence electrons. The molecule has 1 rings (SSSR count). The molecule has 0 aliphatic carbocycles. The summed E-state index contributed by atoms with van der Waals surface area (Å²) < 4.78 is 1.72. The van der Waals surface area contributed by atoms with E-state index in [9.17, 15) is 4.79 Å². The van der Waals surface area contributed by atoms with Crippen molar-refractivity contribution in [3.8, 4) is 0 Å². The highest BCUT2D eigenvalue weighted by atomic mass is 16.2. The Balaban J connectivity index is 2.95. The molecule has 1 heterocycles. The van der Waals surface area contributed by atoms with Crippen LogP contribution in [0.3, 0.4) is 0 Å². The second-order valence-electron chi connectivity index (χ2n) is 3.99. The Labute approximate surface area is 96.2 Å². The van der Waals surface area contributed by atoms with Gasteiger partial charge in [-0.3, -0.25) is 9.48 Å². The zero-order valence-corrected chi connectivity index (χ0v) is 10.4. The summed E-state index contributed by atoms with van der Waals surface area (Å²) in [6.45, 7) is 6.93. The maximum Gasteiger partial charge on any atom is 0.272 e. The Kier molecular flexibility index (Phi) is 4.06. The Bertz CT molecular complexity index is 372. The molecular formula is C11H20N4O. The van der Waals surface area contributed by atoms with Crippen molar-refractivity contribution >= 4 is 5.91 Å². The fraction of sp³-hybridized carbons (Fsp3) is 0.636. The van der Waals surface area contributed by atoms with Crippen molar-refractivity contribution in [1.29, 1.82) is 0 Å². The van der Waals surface area contributed by atoms with Gasteiger partial charge in [0.2, 0.25) is 0 Å². The number of nitrogens with zero attached hydrogens (tertiary/aromatic N) is 3. The number of hydrogen-bond donors (Lipinski definition) is 1. The molecule has 0 spiro atoms. The number of carbonyl (C=O) groups is 1. The average Bonchev–Trinajstić information content (AvgIpc) is 2.67. The van der Waals surface area contributed by atoms with Crippen LogP contribution in [0.15, 0.2) is 6.07 Å². The van der Waals surface area contributed by atoms with Crippen LogP contribution >= 0.6 is 0 Å². The quantitative estimate of drug-likeness (QED) is 0.816. The van der Waals surface area contributed by atoms with Gasteiger partial charge < -0.3 is 10.6 Å². The molecule has 0 aliphatic heterocycles. The summed E-state index contributed by atoms with van der Waals surface area (Å²) in [6.07, 6.45) is 0. The standard InChI is InChI=1S/C11H20N4O/c1-5-15-10(6-8(2)13-15)11(16)14(4)9(3)7-12/h6,9H,5,7,12H2,1-4H3. The Morgan fingerprint density at radius 1 is 1.69 bits per heavy atom. The lowest BCUT2D eigenvalue weighted by atomic mass is 10.2. The minimum atomic E-state index is -0.0274. The minimum Gasteiger partial charge on any atom is -0.336 e. The molecule has 0 radical (unpaired) electrons. The highest BCUT2D eigenvalue weighted by Crippen LogP contribution is 2.08. The largest absolute Gasteiger partial charge is 0.336 e. The number of aromatic nitrogens is 2. The SMILES string of the molecule is CCn1nc(C)cc1C(=O)N(C)C(C)CN. The van der Waals surface area contributed by atoms with E-state index < -0.39 is 0 Å². The van der Waals surface area contributed by atoms with Gasteiger partial charge in [0.15, 0.2) is 0 Å². The van der Waals surface area contributed by atoms with Crippen LogP contribution in [-0.4, -0.2) is 40.2 Å². The molecule has 0 fully saturated rings. The molecule has 1 aromatic rings. The van der Waals surface area contributed by atoms with Crippen LogP contribution in [0.25, 0.3) is 0 Å². The molecular weight excluding hydrogens is 204 g/mol. The van der Waals surface area contributed by atoms with Crippen molar-refractivity contribution < 1.29 is 4.79 Å². The van der Waals surface area contributed by atoms with E-state index in [1.165, 1.54) is 0 Å². The van der Waals surface area contributed by atoms with Gasteiger partial charge in [-0.15, -0.1) is 0 Å². The number of amides is 1. The average molecular weight is 224 g/mol. The molecule has 5 heteroatoms. The van der Waals surface area contributed by atoms with Crippen LogP contribution in [0.1, 0.15) is 30.0 Å². The Morgan fingerprint density at radius 3 is 2.81 bits per heavy atom. The van der Waals surface area contributed by atoms with Gasteiger partial charge in [0.1, 0.15) is 5.69 Å². The van der Waals surface area contributed by atoms with Crippen LogP contribution in [0.2, 0.25) is 0 Å². The highest BCUT2D eigenvalue weighted by molar-refractivity contribution is 5.92. The van der Waals surface area contributed by atoms with Crippen molar-refractivity contribution in [2.45, 2.75) is 33.4 Å². The first kappa shape index (κ1) is 12.7. The van der Waals surface area contributed by atoms with Gasteiger partial charge in [-0.05, 0) is 26.8 Å². The fourth-order valence-electron chi connectivity index (χ4n) is 1.50. The molecule has 16 heavy (non-hydrogen) atoms. The predicted octanol–water partition coefficient (Wildman–Crippen LogP) is 0.631. The van der Waals surface area contributed by atoms with E-state index in [0.717, 1.165) is 5.69 Å². The summed E-state index contributed by atoms with van der Waals surface area (Å²) >= 11 is 0. The van der Waals surface area contributed by atoms with Crippen molar-refractivity contribution in [3.63, 3.8) is 0 Å². The Hall–Kier alpha value is -1.36. The molecule has 1 aromatic heterocycles. The Morgan fingerprint density at radius 2 is 2.31 bits per heavy atom. The summed E-state index contributed by atoms with van der Waals surface area (Å²) in [5, 5.41) is 4.26. The lowest BCUT2D eigenvalue weighted by Gasteiger charge is -2.23. The molecule has 0 aliphatic rings. The van der Waals surface area contributed by atoms with Crippen molar-refractivity contribution in [3.05, 3.63) is 17.5 Å². The summed E-state index contributed by atoms with van der Waals surface area (Å²) in [6, 6.07) is 1.85. The first-order chi connectivity index (χ1) is 7.51. The van der Waals surface area contributed by atoms with Crippen LogP contribution < -0.4 is 5.73 Å². The second-order valence-corrected chi connectivity index (χ2v) is 3.99. The third-order valence-corrected chi connectivity index (χ3v) is 2.74. The van der Waals surface area contributed by atoms with Crippen LogP contribution in [0.4, 0.5) is 0 Å². The lowest BCUT2D eigenvalue weighted by Crippen LogP contribution is -2.40. The van der Waals surface area contributed by atoms with Gasteiger partial charge in [0.25, 0.3) is 5.91 Å². The first-order valence-electron chi connectivity index (χ1n) is 5.52. The zero-order valence-electron chi connectivity index (χ0n) is 10.4. The third-order valence-electron chi connectivity index (χ3n) is 2.74. The van der Waals surface area contributed by atoms with Gasteiger partial charge in [-0.2, -0.15) is 5.10 Å². The molecule has 1 atom stereocenters. The van der Waals surface area contributed by atoms with Crippen molar-refractivity contribution in [2.75, 3.05) is 13.6 Å². The number of hydrogen-bond acceptors (Lipinski definition) is 3. The molecule has 0 saturated heterocycles. The summed E-state index contributed by atoms with van der Waals surface area (Å²) in [4.78, 5) is 13.8. The van der Waals surface area contributed by atoms with Gasteiger partial charge in [-0.25, -0.2) is 0 Å². The molecule has 1 unspecified atom stereocenters. The van der Waals surface area contributed by atoms with Gasteiger partial charge in [0.05, 0.1) is 5.69 Å². The highest BCUT2D eigenvalue weighted by Gasteiger charge is 2.20. The smallest absolute Gasteiger partial charge is 0.272 e. The summed E-state index contributed by atoms with van der Waals surface area (Å²) in [7, 11) is 1.77. The van der Waals surface area contributed by atoms with Gasteiger partial charge in [0, 0.05) is 26.2 Å². The van der Waals surface area contributed by atoms with E-state index in [1.807, 2.05) is 26.8 Å². The van der Waals surface area contributed by atoms with E-state index in [-0.39, 0.29) is 11.9 Å². The maximum absolute atomic E-state index is 12.1. The molecule has 2 N–H and O–H groups in total. The fourth-order valence-corrected chi connectivity index (χ4v) is 1.50. The van der Waals surface area contributed by atoms with E-state index in [1.54, 1.807) is 16.6 Å². The van der Waals surface area contributed by atoms with E-state index in [0.29, 0.717) is 18.8 Å². The van der Waals surface area contributed by atoms with Crippen LogP contribution in [0.5, 0.6) is 0 Å². The zero-order chi connectivity index (χ0) is 12.3. The first-order valence-corrected chi connectivity index (χ1v) is 5.52. The lowest BCUT2D eigenvalue weighted by molar-refractivity contribution is 0.0736. The molecule has 0 saturated carbocycles. The summed E-state index contributed by atoms with van der Waals surface area (Å²) in [5.41, 5.74) is 7.04. The predicted molar refractivity (Wildman–Crippen MR) is 63.2 cm³/mol. The normalized spacial score (nSPS) is 12.6. The minimum absolute atomic E-state index is 0.0274. The molecule has 1 amide bonds. The molecule has 5 nitrogen and oxygen atoms in total. The number of rotatable bonds is 4. The van der Waals surface area contributed by atoms with Crippen molar-refractivity contribution in [2.24, 2.45) is 5.73 Å². The van der Waals surface area contributed by atoms with Crippen LogP contribution in [-0.2, 0) is 6.54 Å². The topological polar surface area (TPSA) is 64.2 Å². The molecule has 0 aromatic carbocycles. The number of nitrogens with two attached hydrogens (primary N) is 1. The third kappa shape index (κ3) is 2.41. The summed E-state index contributed by atoms with van der Waals surface area (Å²) in [5.74, 6) is -0.0274. The number of likely N-dealkylation sites (N-methyl/N-ethyl adjacent to an activating group) is 1. The van der Waals surface area contributed by atoms with E-state index in [4.69, 9.17) is 5.73 Å². The monoisotopic (exact) mass is 224 g/mol. The van der Waals surface area contributed by atoms with E-state index >= 15 is 0 Å². The number of aryl methyl sites for hydroxylation is 2.